The smallest absolute Gasteiger partial charge is 0.137 e. The molecule has 0 radical (unpaired) electrons. The number of fused-ring (bicyclic) bond motifs is 1. The average molecular weight is 334 g/mol. The molecule has 120 valence electrons. The van der Waals surface area contributed by atoms with E-state index in [1.807, 2.05) is 41.9 Å². The summed E-state index contributed by atoms with van der Waals surface area (Å²) in [7, 11) is 0. The maximum Gasteiger partial charge on any atom is 0.137 e. The van der Waals surface area contributed by atoms with E-state index in [1.165, 1.54) is 4.88 Å². The molecule has 3 heterocycles. The standard InChI is InChI=1S/C19H18N4S/c1-13(18-11-20-14(2)24-18)21-16-8-6-15(7-9-16)17-12-23-10-4-3-5-19(23)22-17/h3-13,21H,1-2H3. The van der Waals surface area contributed by atoms with Gasteiger partial charge in [-0.2, -0.15) is 0 Å². The summed E-state index contributed by atoms with van der Waals surface area (Å²) < 4.78 is 2.04. The summed E-state index contributed by atoms with van der Waals surface area (Å²) in [5.74, 6) is 0. The van der Waals surface area contributed by atoms with E-state index in [2.05, 4.69) is 52.7 Å². The van der Waals surface area contributed by atoms with Crippen LogP contribution in [0.5, 0.6) is 0 Å². The van der Waals surface area contributed by atoms with Crippen molar-refractivity contribution in [3.05, 3.63) is 70.9 Å². The molecule has 0 aliphatic heterocycles. The molecule has 5 heteroatoms. The van der Waals surface area contributed by atoms with Crippen molar-refractivity contribution in [1.82, 2.24) is 14.4 Å². The Morgan fingerprint density at radius 1 is 1.12 bits per heavy atom. The fourth-order valence-electron chi connectivity index (χ4n) is 2.71. The van der Waals surface area contributed by atoms with Crippen molar-refractivity contribution < 1.29 is 0 Å². The molecule has 24 heavy (non-hydrogen) atoms. The maximum absolute atomic E-state index is 4.66. The van der Waals surface area contributed by atoms with Crippen LogP contribution in [0.4, 0.5) is 5.69 Å². The number of benzene rings is 1. The summed E-state index contributed by atoms with van der Waals surface area (Å²) in [6.45, 7) is 4.19. The molecule has 0 amide bonds. The van der Waals surface area contributed by atoms with E-state index in [0.29, 0.717) is 0 Å². The molecule has 0 bridgehead atoms. The Balaban J connectivity index is 1.54. The molecule has 1 unspecified atom stereocenters. The molecule has 0 aliphatic rings. The average Bonchev–Trinajstić information content (AvgIpc) is 3.21. The van der Waals surface area contributed by atoms with Gasteiger partial charge in [-0.3, -0.25) is 0 Å². The van der Waals surface area contributed by atoms with Crippen LogP contribution in [0.3, 0.4) is 0 Å². The zero-order valence-electron chi connectivity index (χ0n) is 13.6. The second kappa shape index (κ2) is 6.09. The second-order valence-corrected chi connectivity index (χ2v) is 7.08. The lowest BCUT2D eigenvalue weighted by Crippen LogP contribution is -2.04. The highest BCUT2D eigenvalue weighted by molar-refractivity contribution is 7.11. The number of aromatic nitrogens is 3. The molecule has 0 saturated heterocycles. The first-order valence-electron chi connectivity index (χ1n) is 7.92. The number of anilines is 1. The topological polar surface area (TPSA) is 42.2 Å². The van der Waals surface area contributed by atoms with Gasteiger partial charge in [0.05, 0.1) is 16.7 Å². The molecule has 0 aliphatic carbocycles. The van der Waals surface area contributed by atoms with Crippen molar-refractivity contribution in [1.29, 1.82) is 0 Å². The third kappa shape index (κ3) is 2.90. The van der Waals surface area contributed by atoms with Gasteiger partial charge in [-0.1, -0.05) is 18.2 Å². The number of hydrogen-bond donors (Lipinski definition) is 1. The number of nitrogens with zero attached hydrogens (tertiary/aromatic N) is 3. The molecular formula is C19H18N4S. The van der Waals surface area contributed by atoms with Gasteiger partial charge < -0.3 is 9.72 Å². The molecular weight excluding hydrogens is 316 g/mol. The van der Waals surface area contributed by atoms with Gasteiger partial charge in [0.25, 0.3) is 0 Å². The van der Waals surface area contributed by atoms with E-state index in [4.69, 9.17) is 0 Å². The van der Waals surface area contributed by atoms with E-state index in [9.17, 15) is 0 Å². The summed E-state index contributed by atoms with van der Waals surface area (Å²) >= 11 is 1.73. The first-order chi connectivity index (χ1) is 11.7. The van der Waals surface area contributed by atoms with Gasteiger partial charge in [0.2, 0.25) is 0 Å². The molecule has 1 atom stereocenters. The third-order valence-corrected chi connectivity index (χ3v) is 5.09. The summed E-state index contributed by atoms with van der Waals surface area (Å²) in [5, 5.41) is 4.62. The number of pyridine rings is 1. The lowest BCUT2D eigenvalue weighted by atomic mass is 10.1. The van der Waals surface area contributed by atoms with Gasteiger partial charge in [-0.05, 0) is 38.1 Å². The molecule has 4 rings (SSSR count). The van der Waals surface area contributed by atoms with Crippen LogP contribution in [0.25, 0.3) is 16.9 Å². The normalized spacial score (nSPS) is 12.4. The third-order valence-electron chi connectivity index (χ3n) is 3.99. The molecule has 3 aromatic heterocycles. The van der Waals surface area contributed by atoms with Gasteiger partial charge in [-0.25, -0.2) is 9.97 Å². The van der Waals surface area contributed by atoms with E-state index in [-0.39, 0.29) is 6.04 Å². The van der Waals surface area contributed by atoms with Crippen LogP contribution in [0.15, 0.2) is 61.1 Å². The summed E-state index contributed by atoms with van der Waals surface area (Å²) in [6, 6.07) is 14.7. The number of rotatable bonds is 4. The first-order valence-corrected chi connectivity index (χ1v) is 8.74. The zero-order chi connectivity index (χ0) is 16.5. The minimum absolute atomic E-state index is 0.247. The Morgan fingerprint density at radius 2 is 1.96 bits per heavy atom. The minimum Gasteiger partial charge on any atom is -0.378 e. The summed E-state index contributed by atoms with van der Waals surface area (Å²) in [4.78, 5) is 10.2. The SMILES string of the molecule is Cc1ncc(C(C)Nc2ccc(-c3cn4ccccc4n3)cc2)s1. The van der Waals surface area contributed by atoms with E-state index in [1.54, 1.807) is 11.3 Å². The Kier molecular flexibility index (Phi) is 3.78. The lowest BCUT2D eigenvalue weighted by Gasteiger charge is -2.13. The van der Waals surface area contributed by atoms with Crippen molar-refractivity contribution in [2.45, 2.75) is 19.9 Å². The highest BCUT2D eigenvalue weighted by Crippen LogP contribution is 2.26. The highest BCUT2D eigenvalue weighted by atomic mass is 32.1. The van der Waals surface area contributed by atoms with Gasteiger partial charge in [0.15, 0.2) is 0 Å². The van der Waals surface area contributed by atoms with E-state index < -0.39 is 0 Å². The van der Waals surface area contributed by atoms with E-state index in [0.717, 1.165) is 27.6 Å². The summed E-state index contributed by atoms with van der Waals surface area (Å²) in [6.07, 6.45) is 6.02. The van der Waals surface area contributed by atoms with Crippen LogP contribution in [0.2, 0.25) is 0 Å². The number of imidazole rings is 1. The number of aryl methyl sites for hydroxylation is 1. The Morgan fingerprint density at radius 3 is 2.67 bits per heavy atom. The number of thiazole rings is 1. The fraction of sp³-hybridized carbons (Fsp3) is 0.158. The highest BCUT2D eigenvalue weighted by Gasteiger charge is 2.09. The van der Waals surface area contributed by atoms with Crippen molar-refractivity contribution in [2.75, 3.05) is 5.32 Å². The van der Waals surface area contributed by atoms with Crippen LogP contribution in [-0.4, -0.2) is 14.4 Å². The van der Waals surface area contributed by atoms with Gasteiger partial charge >= 0.3 is 0 Å². The predicted molar refractivity (Wildman–Crippen MR) is 99.5 cm³/mol. The Labute approximate surface area is 144 Å². The first kappa shape index (κ1) is 14.9. The number of hydrogen-bond acceptors (Lipinski definition) is 4. The maximum atomic E-state index is 4.66. The van der Waals surface area contributed by atoms with Crippen LogP contribution in [0.1, 0.15) is 22.9 Å². The predicted octanol–water partition coefficient (Wildman–Crippen LogP) is 4.94. The molecule has 0 fully saturated rings. The largest absolute Gasteiger partial charge is 0.378 e. The zero-order valence-corrected chi connectivity index (χ0v) is 14.4. The minimum atomic E-state index is 0.247. The fourth-order valence-corrected chi connectivity index (χ4v) is 3.50. The Bertz CT molecular complexity index is 935. The van der Waals surface area contributed by atoms with Crippen molar-refractivity contribution in [3.8, 4) is 11.3 Å². The second-order valence-electron chi connectivity index (χ2n) is 5.82. The molecule has 4 aromatic rings. The van der Waals surface area contributed by atoms with Crippen molar-refractivity contribution in [2.24, 2.45) is 0 Å². The number of nitrogens with one attached hydrogen (secondary N) is 1. The summed E-state index contributed by atoms with van der Waals surface area (Å²) in [5.41, 5.74) is 4.16. The molecule has 0 saturated carbocycles. The Hall–Kier alpha value is -2.66. The van der Waals surface area contributed by atoms with E-state index >= 15 is 0 Å². The molecule has 1 N–H and O–H groups in total. The molecule has 0 spiro atoms. The van der Waals surface area contributed by atoms with Gasteiger partial charge in [-0.15, -0.1) is 11.3 Å². The van der Waals surface area contributed by atoms with Crippen molar-refractivity contribution in [3.63, 3.8) is 0 Å². The van der Waals surface area contributed by atoms with Gasteiger partial charge in [0, 0.05) is 34.7 Å². The lowest BCUT2D eigenvalue weighted by molar-refractivity contribution is 0.903. The monoisotopic (exact) mass is 334 g/mol. The van der Waals surface area contributed by atoms with Crippen LogP contribution >= 0.6 is 11.3 Å². The van der Waals surface area contributed by atoms with Crippen molar-refractivity contribution >= 4 is 22.7 Å². The van der Waals surface area contributed by atoms with Gasteiger partial charge in [0.1, 0.15) is 5.65 Å². The molecule has 1 aromatic carbocycles. The quantitative estimate of drug-likeness (QED) is 0.575. The van der Waals surface area contributed by atoms with Crippen LogP contribution in [-0.2, 0) is 0 Å². The van der Waals surface area contributed by atoms with Crippen LogP contribution in [0, 0.1) is 6.92 Å². The van der Waals surface area contributed by atoms with Crippen LogP contribution < -0.4 is 5.32 Å². The molecule has 4 nitrogen and oxygen atoms in total.